The number of hydrogen-bond donors (Lipinski definition) is 3. The Kier molecular flexibility index (Phi) is 4.00. The molecule has 0 heterocycles. The molecule has 20 heavy (non-hydrogen) atoms. The zero-order valence-corrected chi connectivity index (χ0v) is 11.4. The Labute approximate surface area is 120 Å². The van der Waals surface area contributed by atoms with Gasteiger partial charge in [0.1, 0.15) is 5.75 Å². The van der Waals surface area contributed by atoms with E-state index in [-0.39, 0.29) is 10.6 Å². The highest BCUT2D eigenvalue weighted by molar-refractivity contribution is 6.34. The minimum atomic E-state index is -1.10. The Balaban J connectivity index is 2.39. The van der Waals surface area contributed by atoms with Gasteiger partial charge in [0.2, 0.25) is 0 Å². The van der Waals surface area contributed by atoms with Crippen LogP contribution in [0.2, 0.25) is 5.02 Å². The van der Waals surface area contributed by atoms with E-state index in [2.05, 4.69) is 5.32 Å². The second kappa shape index (κ2) is 5.71. The number of carboxylic acid groups (broad SMARTS) is 1. The molecule has 0 aliphatic carbocycles. The quantitative estimate of drug-likeness (QED) is 0.752. The predicted molar refractivity (Wildman–Crippen MR) is 79.1 cm³/mol. The Morgan fingerprint density at radius 1 is 1.30 bits per heavy atom. The highest BCUT2D eigenvalue weighted by Gasteiger charge is 2.15. The van der Waals surface area contributed by atoms with Gasteiger partial charge in [0, 0.05) is 11.4 Å². The van der Waals surface area contributed by atoms with E-state index in [1.807, 2.05) is 0 Å². The molecule has 5 nitrogen and oxygen atoms in total. The molecule has 0 radical (unpaired) electrons. The third kappa shape index (κ3) is 2.95. The van der Waals surface area contributed by atoms with E-state index < -0.39 is 5.97 Å². The SMILES string of the molecule is COc1ccc(Nc2c(Cl)cc(N)cc2C(=O)O)cc1. The number of ether oxygens (including phenoxy) is 1. The maximum atomic E-state index is 11.2. The molecule has 2 aromatic rings. The first-order valence-corrected chi connectivity index (χ1v) is 6.12. The molecule has 2 aromatic carbocycles. The van der Waals surface area contributed by atoms with Crippen molar-refractivity contribution in [2.45, 2.75) is 0 Å². The van der Waals surface area contributed by atoms with Crippen molar-refractivity contribution >= 4 is 34.6 Å². The molecule has 0 spiro atoms. The predicted octanol–water partition coefficient (Wildman–Crippen LogP) is 3.37. The number of aromatic carboxylic acids is 1. The van der Waals surface area contributed by atoms with E-state index in [1.54, 1.807) is 31.4 Å². The van der Waals surface area contributed by atoms with Crippen LogP contribution in [0, 0.1) is 0 Å². The first kappa shape index (κ1) is 14.0. The van der Waals surface area contributed by atoms with E-state index in [4.69, 9.17) is 22.1 Å². The average Bonchev–Trinajstić information content (AvgIpc) is 2.42. The van der Waals surface area contributed by atoms with Gasteiger partial charge < -0.3 is 20.9 Å². The van der Waals surface area contributed by atoms with Crippen LogP contribution in [-0.2, 0) is 0 Å². The molecule has 0 unspecified atom stereocenters. The van der Waals surface area contributed by atoms with Gasteiger partial charge in [-0.2, -0.15) is 0 Å². The topological polar surface area (TPSA) is 84.6 Å². The van der Waals surface area contributed by atoms with Crippen molar-refractivity contribution in [1.29, 1.82) is 0 Å². The molecule has 0 bridgehead atoms. The first-order valence-electron chi connectivity index (χ1n) is 5.74. The van der Waals surface area contributed by atoms with Crippen LogP contribution >= 0.6 is 11.6 Å². The van der Waals surface area contributed by atoms with Gasteiger partial charge in [-0.15, -0.1) is 0 Å². The van der Waals surface area contributed by atoms with Gasteiger partial charge in [-0.1, -0.05) is 11.6 Å². The maximum absolute atomic E-state index is 11.2. The summed E-state index contributed by atoms with van der Waals surface area (Å²) in [6.07, 6.45) is 0. The Morgan fingerprint density at radius 3 is 2.50 bits per heavy atom. The number of carboxylic acids is 1. The van der Waals surface area contributed by atoms with Gasteiger partial charge in [-0.25, -0.2) is 4.79 Å². The van der Waals surface area contributed by atoms with Crippen LogP contribution in [0.1, 0.15) is 10.4 Å². The van der Waals surface area contributed by atoms with Gasteiger partial charge in [-0.3, -0.25) is 0 Å². The molecule has 104 valence electrons. The number of anilines is 3. The van der Waals surface area contributed by atoms with E-state index in [0.717, 1.165) is 0 Å². The summed E-state index contributed by atoms with van der Waals surface area (Å²) in [7, 11) is 1.57. The fourth-order valence-electron chi connectivity index (χ4n) is 1.74. The number of carbonyl (C=O) groups is 1. The highest BCUT2D eigenvalue weighted by Crippen LogP contribution is 2.32. The number of nitrogens with two attached hydrogens (primary N) is 1. The molecular weight excluding hydrogens is 280 g/mol. The molecule has 0 aliphatic heterocycles. The lowest BCUT2D eigenvalue weighted by atomic mass is 10.1. The smallest absolute Gasteiger partial charge is 0.337 e. The second-order valence-corrected chi connectivity index (χ2v) is 4.49. The fraction of sp³-hybridized carbons (Fsp3) is 0.0714. The Hall–Kier alpha value is -2.40. The summed E-state index contributed by atoms with van der Waals surface area (Å²) in [5.74, 6) is -0.396. The van der Waals surface area contributed by atoms with Crippen LogP contribution in [0.15, 0.2) is 36.4 Å². The Morgan fingerprint density at radius 2 is 1.95 bits per heavy atom. The van der Waals surface area contributed by atoms with Crippen LogP contribution < -0.4 is 15.8 Å². The zero-order chi connectivity index (χ0) is 14.7. The van der Waals surface area contributed by atoms with Crippen molar-refractivity contribution in [1.82, 2.24) is 0 Å². The average molecular weight is 293 g/mol. The maximum Gasteiger partial charge on any atom is 0.337 e. The second-order valence-electron chi connectivity index (χ2n) is 4.08. The third-order valence-corrected chi connectivity index (χ3v) is 3.00. The molecule has 6 heteroatoms. The number of hydrogen-bond acceptors (Lipinski definition) is 4. The first-order chi connectivity index (χ1) is 9.51. The summed E-state index contributed by atoms with van der Waals surface area (Å²) < 4.78 is 5.06. The molecule has 2 rings (SSSR count). The van der Waals surface area contributed by atoms with Crippen LogP contribution in [0.25, 0.3) is 0 Å². The number of halogens is 1. The van der Waals surface area contributed by atoms with Crippen molar-refractivity contribution in [3.63, 3.8) is 0 Å². The van der Waals surface area contributed by atoms with Gasteiger partial charge in [0.05, 0.1) is 23.4 Å². The lowest BCUT2D eigenvalue weighted by Crippen LogP contribution is -2.05. The summed E-state index contributed by atoms with van der Waals surface area (Å²) in [6.45, 7) is 0. The Bertz CT molecular complexity index is 642. The lowest BCUT2D eigenvalue weighted by Gasteiger charge is -2.13. The van der Waals surface area contributed by atoms with Crippen molar-refractivity contribution in [3.05, 3.63) is 47.0 Å². The van der Waals surface area contributed by atoms with E-state index in [0.29, 0.717) is 22.8 Å². The number of methoxy groups -OCH3 is 1. The lowest BCUT2D eigenvalue weighted by molar-refractivity contribution is 0.0698. The van der Waals surface area contributed by atoms with E-state index in [1.165, 1.54) is 12.1 Å². The monoisotopic (exact) mass is 292 g/mol. The van der Waals surface area contributed by atoms with Gasteiger partial charge in [0.15, 0.2) is 0 Å². The van der Waals surface area contributed by atoms with Crippen LogP contribution in [0.4, 0.5) is 17.1 Å². The largest absolute Gasteiger partial charge is 0.497 e. The molecular formula is C14H13ClN2O3. The molecule has 0 amide bonds. The highest BCUT2D eigenvalue weighted by atomic mass is 35.5. The third-order valence-electron chi connectivity index (χ3n) is 2.70. The van der Waals surface area contributed by atoms with Crippen molar-refractivity contribution in [2.75, 3.05) is 18.2 Å². The normalized spacial score (nSPS) is 10.1. The van der Waals surface area contributed by atoms with Crippen molar-refractivity contribution < 1.29 is 14.6 Å². The van der Waals surface area contributed by atoms with Crippen LogP contribution in [-0.4, -0.2) is 18.2 Å². The van der Waals surface area contributed by atoms with E-state index in [9.17, 15) is 9.90 Å². The summed E-state index contributed by atoms with van der Waals surface area (Å²) in [5, 5.41) is 12.4. The molecule has 0 saturated heterocycles. The van der Waals surface area contributed by atoms with Gasteiger partial charge >= 0.3 is 5.97 Å². The zero-order valence-electron chi connectivity index (χ0n) is 10.7. The van der Waals surface area contributed by atoms with Crippen molar-refractivity contribution in [3.8, 4) is 5.75 Å². The number of nitrogen functional groups attached to an aromatic ring is 1. The molecule has 4 N–H and O–H groups in total. The van der Waals surface area contributed by atoms with Crippen LogP contribution in [0.5, 0.6) is 5.75 Å². The minimum Gasteiger partial charge on any atom is -0.497 e. The summed E-state index contributed by atoms with van der Waals surface area (Å²) in [5.41, 5.74) is 6.92. The van der Waals surface area contributed by atoms with E-state index >= 15 is 0 Å². The number of benzene rings is 2. The van der Waals surface area contributed by atoms with Crippen molar-refractivity contribution in [2.24, 2.45) is 0 Å². The summed E-state index contributed by atoms with van der Waals surface area (Å²) in [6, 6.07) is 9.90. The summed E-state index contributed by atoms with van der Waals surface area (Å²) >= 11 is 6.06. The van der Waals surface area contributed by atoms with Gasteiger partial charge in [-0.05, 0) is 36.4 Å². The minimum absolute atomic E-state index is 0.0193. The number of rotatable bonds is 4. The molecule has 0 atom stereocenters. The number of nitrogens with one attached hydrogen (secondary N) is 1. The molecule has 0 saturated carbocycles. The van der Waals surface area contributed by atoms with Gasteiger partial charge in [0.25, 0.3) is 0 Å². The fourth-order valence-corrected chi connectivity index (χ4v) is 2.02. The molecule has 0 aromatic heterocycles. The summed E-state index contributed by atoms with van der Waals surface area (Å²) in [4.78, 5) is 11.2. The molecule has 0 fully saturated rings. The standard InChI is InChI=1S/C14H13ClN2O3/c1-20-10-4-2-9(3-5-10)17-13-11(14(18)19)6-8(16)7-12(13)15/h2-7,17H,16H2,1H3,(H,18,19). The molecule has 0 aliphatic rings. The van der Waals surface area contributed by atoms with Crippen LogP contribution in [0.3, 0.4) is 0 Å².